The highest BCUT2D eigenvalue weighted by Crippen LogP contribution is 2.44. The lowest BCUT2D eigenvalue weighted by atomic mass is 9.70. The van der Waals surface area contributed by atoms with Gasteiger partial charge in [0.1, 0.15) is 0 Å². The van der Waals surface area contributed by atoms with Crippen LogP contribution in [-0.2, 0) is 16.0 Å². The third kappa shape index (κ3) is 4.66. The second-order valence-corrected chi connectivity index (χ2v) is 8.08. The summed E-state index contributed by atoms with van der Waals surface area (Å²) in [5, 5.41) is 11.0. The molecular weight excluding hydrogens is 328 g/mol. The summed E-state index contributed by atoms with van der Waals surface area (Å²) in [6.45, 7) is 10.5. The maximum absolute atomic E-state index is 5.81. The molecule has 1 aliphatic heterocycles. The number of H-pyrrole nitrogens is 1. The van der Waals surface area contributed by atoms with Crippen LogP contribution in [0.2, 0.25) is 0 Å². The molecule has 6 nitrogen and oxygen atoms in total. The maximum atomic E-state index is 5.81. The molecule has 3 rings (SSSR count). The zero-order chi connectivity index (χ0) is 18.4. The van der Waals surface area contributed by atoms with Crippen molar-refractivity contribution in [3.8, 4) is 0 Å². The summed E-state index contributed by atoms with van der Waals surface area (Å²) >= 11 is 0. The third-order valence-corrected chi connectivity index (χ3v) is 6.23. The number of hydrogen-bond donors (Lipinski definition) is 2. The average Bonchev–Trinajstić information content (AvgIpc) is 3.05. The molecule has 0 amide bonds. The van der Waals surface area contributed by atoms with Crippen LogP contribution in [-0.4, -0.2) is 67.7 Å². The molecule has 1 aliphatic carbocycles. The van der Waals surface area contributed by atoms with E-state index in [4.69, 9.17) is 9.47 Å². The lowest BCUT2D eigenvalue weighted by Gasteiger charge is -2.40. The highest BCUT2D eigenvalue weighted by molar-refractivity contribution is 5.21. The standard InChI is InChI=1S/C20H36N4O2/c1-4-25-14-20(15-26-5-2)8-6-16(7-9-20)19-17(10-22-23-19)13-24(3)18-11-21-12-18/h10,16,18,21H,4-9,11-15H2,1-3H3,(H,22,23). The van der Waals surface area contributed by atoms with E-state index in [1.54, 1.807) is 0 Å². The van der Waals surface area contributed by atoms with Crippen molar-refractivity contribution in [3.05, 3.63) is 17.5 Å². The van der Waals surface area contributed by atoms with Gasteiger partial charge in [0.15, 0.2) is 0 Å². The number of hydrogen-bond acceptors (Lipinski definition) is 5. The number of nitrogens with zero attached hydrogens (tertiary/aromatic N) is 2. The topological polar surface area (TPSA) is 62.4 Å². The molecule has 6 heteroatoms. The summed E-state index contributed by atoms with van der Waals surface area (Å²) in [6, 6.07) is 0.661. The van der Waals surface area contributed by atoms with E-state index in [1.165, 1.54) is 36.9 Å². The molecular formula is C20H36N4O2. The van der Waals surface area contributed by atoms with Gasteiger partial charge in [-0.25, -0.2) is 0 Å². The monoisotopic (exact) mass is 364 g/mol. The Morgan fingerprint density at radius 1 is 1.15 bits per heavy atom. The van der Waals surface area contributed by atoms with Gasteiger partial charge in [0.05, 0.1) is 19.4 Å². The van der Waals surface area contributed by atoms with Gasteiger partial charge in [-0.15, -0.1) is 0 Å². The Bertz CT molecular complexity index is 526. The van der Waals surface area contributed by atoms with Crippen LogP contribution >= 0.6 is 0 Å². The molecule has 2 N–H and O–H groups in total. The quantitative estimate of drug-likeness (QED) is 0.668. The predicted octanol–water partition coefficient (Wildman–Crippen LogP) is 2.53. The van der Waals surface area contributed by atoms with Gasteiger partial charge in [0.2, 0.25) is 0 Å². The van der Waals surface area contributed by atoms with E-state index >= 15 is 0 Å². The number of rotatable bonds is 10. The van der Waals surface area contributed by atoms with Crippen molar-refractivity contribution in [2.24, 2.45) is 5.41 Å². The van der Waals surface area contributed by atoms with Crippen LogP contribution in [0, 0.1) is 5.41 Å². The molecule has 0 spiro atoms. The minimum atomic E-state index is 0.192. The first-order valence-electron chi connectivity index (χ1n) is 10.3. The summed E-state index contributed by atoms with van der Waals surface area (Å²) in [5.41, 5.74) is 2.91. The maximum Gasteiger partial charge on any atom is 0.0544 e. The Hall–Kier alpha value is -0.950. The number of aromatic nitrogens is 2. The van der Waals surface area contributed by atoms with E-state index in [1.807, 2.05) is 6.20 Å². The van der Waals surface area contributed by atoms with Gasteiger partial charge in [-0.2, -0.15) is 5.10 Å². The Kier molecular flexibility index (Phi) is 7.09. The van der Waals surface area contributed by atoms with Gasteiger partial charge in [-0.1, -0.05) is 0 Å². The molecule has 1 saturated carbocycles. The van der Waals surface area contributed by atoms with E-state index in [0.717, 1.165) is 46.1 Å². The van der Waals surface area contributed by atoms with Gasteiger partial charge in [-0.05, 0) is 46.6 Å². The first-order valence-corrected chi connectivity index (χ1v) is 10.3. The average molecular weight is 365 g/mol. The molecule has 0 atom stereocenters. The summed E-state index contributed by atoms with van der Waals surface area (Å²) in [7, 11) is 2.22. The van der Waals surface area contributed by atoms with Crippen molar-refractivity contribution in [1.82, 2.24) is 20.4 Å². The van der Waals surface area contributed by atoms with Crippen molar-refractivity contribution in [1.29, 1.82) is 0 Å². The minimum Gasteiger partial charge on any atom is -0.381 e. The summed E-state index contributed by atoms with van der Waals surface area (Å²) in [6.07, 6.45) is 6.73. The first kappa shape index (κ1) is 19.8. The van der Waals surface area contributed by atoms with Gasteiger partial charge in [0, 0.05) is 61.5 Å². The van der Waals surface area contributed by atoms with Crippen molar-refractivity contribution in [2.45, 2.75) is 58.0 Å². The van der Waals surface area contributed by atoms with E-state index in [-0.39, 0.29) is 5.41 Å². The van der Waals surface area contributed by atoms with Crippen LogP contribution < -0.4 is 5.32 Å². The number of aromatic amines is 1. The molecule has 1 aromatic rings. The number of ether oxygens (including phenoxy) is 2. The first-order chi connectivity index (χ1) is 12.7. The van der Waals surface area contributed by atoms with Crippen LogP contribution in [0.3, 0.4) is 0 Å². The summed E-state index contributed by atoms with van der Waals surface area (Å²) in [5.74, 6) is 0.580. The van der Waals surface area contributed by atoms with Crippen molar-refractivity contribution in [2.75, 3.05) is 46.6 Å². The van der Waals surface area contributed by atoms with E-state index in [9.17, 15) is 0 Å². The molecule has 2 aliphatic rings. The fourth-order valence-corrected chi connectivity index (χ4v) is 4.27. The molecule has 0 radical (unpaired) electrons. The SMILES string of the molecule is CCOCC1(COCC)CCC(c2[nH]ncc2CN(C)C2CNC2)CC1. The fourth-order valence-electron chi connectivity index (χ4n) is 4.27. The molecule has 0 aromatic carbocycles. The van der Waals surface area contributed by atoms with E-state index in [0.29, 0.717) is 12.0 Å². The Morgan fingerprint density at radius 3 is 2.35 bits per heavy atom. The lowest BCUT2D eigenvalue weighted by Crippen LogP contribution is -2.55. The normalized spacial score (nSPS) is 21.2. The zero-order valence-electron chi connectivity index (χ0n) is 16.7. The zero-order valence-corrected chi connectivity index (χ0v) is 16.7. The largest absolute Gasteiger partial charge is 0.381 e. The van der Waals surface area contributed by atoms with Gasteiger partial charge < -0.3 is 14.8 Å². The van der Waals surface area contributed by atoms with Gasteiger partial charge in [0.25, 0.3) is 0 Å². The van der Waals surface area contributed by atoms with E-state index < -0.39 is 0 Å². The highest BCUT2D eigenvalue weighted by Gasteiger charge is 2.37. The van der Waals surface area contributed by atoms with Crippen LogP contribution in [0.1, 0.15) is 56.7 Å². The van der Waals surface area contributed by atoms with Gasteiger partial charge >= 0.3 is 0 Å². The number of likely N-dealkylation sites (N-methyl/N-ethyl adjacent to an activating group) is 1. The van der Waals surface area contributed by atoms with Crippen molar-refractivity contribution >= 4 is 0 Å². The third-order valence-electron chi connectivity index (χ3n) is 6.23. The Morgan fingerprint density at radius 2 is 1.81 bits per heavy atom. The van der Waals surface area contributed by atoms with Crippen LogP contribution in [0.15, 0.2) is 6.20 Å². The number of nitrogens with one attached hydrogen (secondary N) is 2. The lowest BCUT2D eigenvalue weighted by molar-refractivity contribution is -0.0397. The summed E-state index contributed by atoms with van der Waals surface area (Å²) < 4.78 is 11.6. The highest BCUT2D eigenvalue weighted by atomic mass is 16.5. The van der Waals surface area contributed by atoms with Crippen LogP contribution in [0.4, 0.5) is 0 Å². The molecule has 1 aromatic heterocycles. The van der Waals surface area contributed by atoms with E-state index in [2.05, 4.69) is 41.3 Å². The molecule has 148 valence electrons. The molecule has 0 bridgehead atoms. The Labute approximate surface area is 158 Å². The van der Waals surface area contributed by atoms with Crippen molar-refractivity contribution < 1.29 is 9.47 Å². The molecule has 2 heterocycles. The second kappa shape index (κ2) is 9.31. The predicted molar refractivity (Wildman–Crippen MR) is 103 cm³/mol. The van der Waals surface area contributed by atoms with Crippen LogP contribution in [0.5, 0.6) is 0 Å². The second-order valence-electron chi connectivity index (χ2n) is 8.08. The Balaban J connectivity index is 1.59. The molecule has 2 fully saturated rings. The smallest absolute Gasteiger partial charge is 0.0544 e. The fraction of sp³-hybridized carbons (Fsp3) is 0.850. The molecule has 26 heavy (non-hydrogen) atoms. The van der Waals surface area contributed by atoms with Crippen molar-refractivity contribution in [3.63, 3.8) is 0 Å². The van der Waals surface area contributed by atoms with Gasteiger partial charge in [-0.3, -0.25) is 10.00 Å². The summed E-state index contributed by atoms with van der Waals surface area (Å²) in [4.78, 5) is 2.45. The molecule has 0 unspecified atom stereocenters. The minimum absolute atomic E-state index is 0.192. The molecule has 1 saturated heterocycles. The van der Waals surface area contributed by atoms with Crippen LogP contribution in [0.25, 0.3) is 0 Å².